The maximum absolute atomic E-state index is 12.0. The summed E-state index contributed by atoms with van der Waals surface area (Å²) < 4.78 is 22.6. The van der Waals surface area contributed by atoms with Crippen molar-refractivity contribution in [3.8, 4) is 0 Å². The molecule has 1 aliphatic rings. The second-order valence-electron chi connectivity index (χ2n) is 12.9. The van der Waals surface area contributed by atoms with Gasteiger partial charge in [-0.2, -0.15) is 0 Å². The molecule has 0 aromatic heterocycles. The van der Waals surface area contributed by atoms with Crippen molar-refractivity contribution < 1.29 is 49.3 Å². The average molecular weight is 661 g/mol. The summed E-state index contributed by atoms with van der Waals surface area (Å²) in [5, 5.41) is 50.8. The van der Waals surface area contributed by atoms with Gasteiger partial charge in [0, 0.05) is 19.6 Å². The molecule has 0 saturated heterocycles. The number of unbranched alkanes of at least 4 members (excludes halogenated alkanes) is 18. The molecule has 0 radical (unpaired) electrons. The van der Waals surface area contributed by atoms with Crippen LogP contribution in [0.1, 0.15) is 149 Å². The standard InChI is InChI=1S/C36H68O10/c1-3-5-7-9-11-12-13-14-15-16-17-18-20-22-24-44-32(27-38)31(25-29(39)28-43-23-21-19-10-8-6-4-2)45-35-33(41)36(42)46-34(35)30(40)26-37/h29-32,34,37-41H,3-28H2,1-2H3/t29?,30-,31?,32?,34+/m0/s1. The topological polar surface area (TPSA) is 155 Å². The summed E-state index contributed by atoms with van der Waals surface area (Å²) in [5.74, 6) is -2.26. The van der Waals surface area contributed by atoms with Crippen molar-refractivity contribution in [2.75, 3.05) is 33.0 Å². The van der Waals surface area contributed by atoms with Crippen LogP contribution in [0, 0.1) is 0 Å². The number of ether oxygens (including phenoxy) is 4. The molecule has 10 heteroatoms. The Hall–Kier alpha value is -1.43. The molecule has 0 bridgehead atoms. The molecule has 5 atom stereocenters. The highest BCUT2D eigenvalue weighted by molar-refractivity contribution is 5.89. The molecule has 46 heavy (non-hydrogen) atoms. The minimum atomic E-state index is -1.51. The summed E-state index contributed by atoms with van der Waals surface area (Å²) in [7, 11) is 0. The fourth-order valence-electron chi connectivity index (χ4n) is 5.72. The van der Waals surface area contributed by atoms with Gasteiger partial charge in [-0.25, -0.2) is 4.79 Å². The number of hydrogen-bond donors (Lipinski definition) is 5. The number of esters is 1. The van der Waals surface area contributed by atoms with E-state index in [-0.39, 0.29) is 18.8 Å². The van der Waals surface area contributed by atoms with Crippen molar-refractivity contribution in [1.82, 2.24) is 0 Å². The first-order valence-corrected chi connectivity index (χ1v) is 18.5. The first-order valence-electron chi connectivity index (χ1n) is 18.5. The molecule has 1 aliphatic heterocycles. The molecule has 0 amide bonds. The maximum atomic E-state index is 12.0. The molecule has 1 rings (SSSR count). The van der Waals surface area contributed by atoms with Crippen LogP contribution in [0.2, 0.25) is 0 Å². The molecule has 272 valence electrons. The molecule has 0 aromatic rings. The number of rotatable bonds is 33. The number of cyclic esters (lactones) is 1. The van der Waals surface area contributed by atoms with Crippen LogP contribution in [0.4, 0.5) is 0 Å². The molecule has 0 aromatic carbocycles. The fourth-order valence-corrected chi connectivity index (χ4v) is 5.72. The summed E-state index contributed by atoms with van der Waals surface area (Å²) in [6.07, 6.45) is 18.4. The van der Waals surface area contributed by atoms with E-state index < -0.39 is 55.5 Å². The molecule has 5 N–H and O–H groups in total. The summed E-state index contributed by atoms with van der Waals surface area (Å²) in [4.78, 5) is 12.0. The number of carbonyl (C=O) groups is 1. The molecule has 0 saturated carbocycles. The Bertz CT molecular complexity index is 761. The molecular weight excluding hydrogens is 592 g/mol. The van der Waals surface area contributed by atoms with Crippen molar-refractivity contribution in [3.63, 3.8) is 0 Å². The third kappa shape index (κ3) is 19.4. The van der Waals surface area contributed by atoms with E-state index in [2.05, 4.69) is 13.8 Å². The van der Waals surface area contributed by atoms with E-state index in [0.717, 1.165) is 38.5 Å². The zero-order valence-electron chi connectivity index (χ0n) is 29.0. The zero-order chi connectivity index (χ0) is 33.8. The second-order valence-corrected chi connectivity index (χ2v) is 12.9. The van der Waals surface area contributed by atoms with Crippen LogP contribution in [0.5, 0.6) is 0 Å². The molecule has 0 aliphatic carbocycles. The Kier molecular flexibility index (Phi) is 26.5. The smallest absolute Gasteiger partial charge is 0.378 e. The molecule has 3 unspecified atom stereocenters. The lowest BCUT2D eigenvalue weighted by Crippen LogP contribution is -2.41. The van der Waals surface area contributed by atoms with Gasteiger partial charge in [0.25, 0.3) is 0 Å². The van der Waals surface area contributed by atoms with E-state index >= 15 is 0 Å². The van der Waals surface area contributed by atoms with E-state index in [1.165, 1.54) is 89.9 Å². The molecule has 0 spiro atoms. The van der Waals surface area contributed by atoms with E-state index in [9.17, 15) is 30.3 Å². The largest absolute Gasteiger partial charge is 0.499 e. The summed E-state index contributed by atoms with van der Waals surface area (Å²) in [6, 6.07) is 0. The SMILES string of the molecule is CCCCCCCCCCCCCCCCOC(CO)C(CC(O)COCCCCCCCC)OC1=C(O)C(=O)O[C@@H]1[C@@H](O)CO. The summed E-state index contributed by atoms with van der Waals surface area (Å²) in [5.41, 5.74) is 0. The molecule has 1 heterocycles. The van der Waals surface area contributed by atoms with Gasteiger partial charge in [0.1, 0.15) is 18.3 Å². The van der Waals surface area contributed by atoms with Gasteiger partial charge in [-0.3, -0.25) is 0 Å². The highest BCUT2D eigenvalue weighted by atomic mass is 16.6. The van der Waals surface area contributed by atoms with E-state index in [1.807, 2.05) is 0 Å². The number of aliphatic hydroxyl groups is 5. The van der Waals surface area contributed by atoms with Gasteiger partial charge in [0.15, 0.2) is 11.9 Å². The van der Waals surface area contributed by atoms with Crippen molar-refractivity contribution in [3.05, 3.63) is 11.5 Å². The molecule has 10 nitrogen and oxygen atoms in total. The van der Waals surface area contributed by atoms with Gasteiger partial charge >= 0.3 is 5.97 Å². The highest BCUT2D eigenvalue weighted by Gasteiger charge is 2.43. The van der Waals surface area contributed by atoms with Crippen molar-refractivity contribution in [2.24, 2.45) is 0 Å². The summed E-state index contributed by atoms with van der Waals surface area (Å²) in [6.45, 7) is 4.22. The van der Waals surface area contributed by atoms with Crippen LogP contribution >= 0.6 is 0 Å². The minimum absolute atomic E-state index is 0.0205. The molecular formula is C36H68O10. The van der Waals surface area contributed by atoms with Crippen LogP contribution in [-0.4, -0.2) is 95.1 Å². The Labute approximate surface area is 278 Å². The Morgan fingerprint density at radius 3 is 1.63 bits per heavy atom. The predicted octanol–water partition coefficient (Wildman–Crippen LogP) is 6.41. The monoisotopic (exact) mass is 660 g/mol. The van der Waals surface area contributed by atoms with Gasteiger partial charge in [-0.1, -0.05) is 129 Å². The van der Waals surface area contributed by atoms with Crippen LogP contribution in [0.3, 0.4) is 0 Å². The first kappa shape index (κ1) is 42.6. The predicted molar refractivity (Wildman–Crippen MR) is 179 cm³/mol. The number of carbonyl (C=O) groups excluding carboxylic acids is 1. The molecule has 0 fully saturated rings. The van der Waals surface area contributed by atoms with E-state index in [4.69, 9.17) is 18.9 Å². The van der Waals surface area contributed by atoms with Gasteiger partial charge in [0.05, 0.1) is 25.9 Å². The van der Waals surface area contributed by atoms with Crippen molar-refractivity contribution in [1.29, 1.82) is 0 Å². The first-order chi connectivity index (χ1) is 22.4. The van der Waals surface area contributed by atoms with Crippen LogP contribution < -0.4 is 0 Å². The van der Waals surface area contributed by atoms with E-state index in [0.29, 0.717) is 13.2 Å². The number of aliphatic hydroxyl groups excluding tert-OH is 5. The van der Waals surface area contributed by atoms with Gasteiger partial charge in [-0.05, 0) is 12.8 Å². The Morgan fingerprint density at radius 1 is 0.674 bits per heavy atom. The lowest BCUT2D eigenvalue weighted by Gasteiger charge is -2.30. The fraction of sp³-hybridized carbons (Fsp3) is 0.917. The normalized spacial score (nSPS) is 17.7. The third-order valence-electron chi connectivity index (χ3n) is 8.62. The van der Waals surface area contributed by atoms with Crippen molar-refractivity contribution in [2.45, 2.75) is 179 Å². The Morgan fingerprint density at radius 2 is 1.15 bits per heavy atom. The lowest BCUT2D eigenvalue weighted by atomic mass is 10.0. The second kappa shape index (κ2) is 28.6. The Balaban J connectivity index is 2.51. The minimum Gasteiger partial charge on any atom is -0.499 e. The lowest BCUT2D eigenvalue weighted by molar-refractivity contribution is -0.150. The number of hydrogen-bond acceptors (Lipinski definition) is 10. The third-order valence-corrected chi connectivity index (χ3v) is 8.62. The maximum Gasteiger partial charge on any atom is 0.378 e. The van der Waals surface area contributed by atoms with E-state index in [1.54, 1.807) is 0 Å². The zero-order valence-corrected chi connectivity index (χ0v) is 29.0. The highest BCUT2D eigenvalue weighted by Crippen LogP contribution is 2.28. The average Bonchev–Trinajstić information content (AvgIpc) is 3.33. The summed E-state index contributed by atoms with van der Waals surface area (Å²) >= 11 is 0. The van der Waals surface area contributed by atoms with Crippen LogP contribution in [0.25, 0.3) is 0 Å². The van der Waals surface area contributed by atoms with Gasteiger partial charge in [0.2, 0.25) is 5.76 Å². The van der Waals surface area contributed by atoms with Gasteiger partial charge < -0.3 is 44.5 Å². The van der Waals surface area contributed by atoms with Gasteiger partial charge in [-0.15, -0.1) is 0 Å². The van der Waals surface area contributed by atoms with Crippen molar-refractivity contribution >= 4 is 5.97 Å². The van der Waals surface area contributed by atoms with Crippen LogP contribution in [-0.2, 0) is 23.7 Å². The van der Waals surface area contributed by atoms with Crippen LogP contribution in [0.15, 0.2) is 11.5 Å². The quantitative estimate of drug-likeness (QED) is 0.0394.